The summed E-state index contributed by atoms with van der Waals surface area (Å²) in [6.45, 7) is 8.57. The summed E-state index contributed by atoms with van der Waals surface area (Å²) in [6.07, 6.45) is 2.29. The maximum Gasteiger partial charge on any atom is 0.244 e. The van der Waals surface area contributed by atoms with Gasteiger partial charge in [0.1, 0.15) is 0 Å². The highest BCUT2D eigenvalue weighted by atomic mass is 32.2. The summed E-state index contributed by atoms with van der Waals surface area (Å²) in [6, 6.07) is 6.81. The van der Waals surface area contributed by atoms with Crippen molar-refractivity contribution in [3.05, 3.63) is 29.8 Å². The zero-order chi connectivity index (χ0) is 19.3. The lowest BCUT2D eigenvalue weighted by atomic mass is 9.99. The largest absolute Gasteiger partial charge is 0.273 e. The first kappa shape index (κ1) is 20.6. The van der Waals surface area contributed by atoms with E-state index in [2.05, 4.69) is 24.4 Å². The predicted octanol–water partition coefficient (Wildman–Crippen LogP) is 2.93. The van der Waals surface area contributed by atoms with E-state index in [1.54, 1.807) is 24.3 Å². The van der Waals surface area contributed by atoms with E-state index in [0.29, 0.717) is 25.3 Å². The number of sulfonamides is 1. The zero-order valence-electron chi connectivity index (χ0n) is 16.0. The van der Waals surface area contributed by atoms with Crippen molar-refractivity contribution in [1.82, 2.24) is 9.73 Å². The molecule has 1 aliphatic rings. The fourth-order valence-corrected chi connectivity index (χ4v) is 4.40. The molecule has 0 unspecified atom stereocenters. The first-order valence-electron chi connectivity index (χ1n) is 9.16. The number of nitrogens with one attached hydrogen (secondary N) is 1. The number of aryl methyl sites for hydroxylation is 1. The van der Waals surface area contributed by atoms with Gasteiger partial charge in [-0.1, -0.05) is 31.5 Å². The number of hydrazone groups is 1. The number of hydrogen-bond donors (Lipinski definition) is 1. The first-order valence-corrected chi connectivity index (χ1v) is 10.6. The molecule has 7 heteroatoms. The first-order chi connectivity index (χ1) is 12.3. The summed E-state index contributed by atoms with van der Waals surface area (Å²) < 4.78 is 27.1. The van der Waals surface area contributed by atoms with Crippen LogP contribution in [0, 0.1) is 18.8 Å². The maximum atomic E-state index is 12.8. The molecule has 0 bridgehead atoms. The van der Waals surface area contributed by atoms with Crippen LogP contribution in [0.5, 0.6) is 0 Å². The monoisotopic (exact) mass is 379 g/mol. The zero-order valence-corrected chi connectivity index (χ0v) is 16.8. The second-order valence-electron chi connectivity index (χ2n) is 7.05. The van der Waals surface area contributed by atoms with Crippen LogP contribution in [0.3, 0.4) is 0 Å². The van der Waals surface area contributed by atoms with Crippen LogP contribution >= 0.6 is 0 Å². The molecule has 0 spiro atoms. The molecule has 1 aliphatic heterocycles. The van der Waals surface area contributed by atoms with Crippen molar-refractivity contribution in [2.75, 3.05) is 13.1 Å². The average molecular weight is 380 g/mol. The van der Waals surface area contributed by atoms with Gasteiger partial charge in [0.05, 0.1) is 10.8 Å². The number of hydrogen-bond acceptors (Lipinski definition) is 4. The highest BCUT2D eigenvalue weighted by molar-refractivity contribution is 7.89. The Balaban J connectivity index is 2.06. The van der Waals surface area contributed by atoms with E-state index in [1.165, 1.54) is 4.31 Å². The molecule has 1 aromatic carbocycles. The molecule has 0 saturated carbocycles. The van der Waals surface area contributed by atoms with Crippen molar-refractivity contribution in [3.63, 3.8) is 0 Å². The van der Waals surface area contributed by atoms with Crippen LogP contribution in [-0.4, -0.2) is 37.4 Å². The molecule has 1 heterocycles. The van der Waals surface area contributed by atoms with Crippen LogP contribution < -0.4 is 5.43 Å². The van der Waals surface area contributed by atoms with Crippen LogP contribution in [0.25, 0.3) is 0 Å². The Labute approximate surface area is 156 Å². The minimum Gasteiger partial charge on any atom is -0.273 e. The molecule has 1 saturated heterocycles. The minimum absolute atomic E-state index is 0.194. The van der Waals surface area contributed by atoms with Gasteiger partial charge in [-0.15, -0.1) is 0 Å². The quantitative estimate of drug-likeness (QED) is 0.610. The van der Waals surface area contributed by atoms with Gasteiger partial charge in [0.2, 0.25) is 15.9 Å². The fraction of sp³-hybridized carbons (Fsp3) is 0.579. The van der Waals surface area contributed by atoms with Crippen molar-refractivity contribution < 1.29 is 13.2 Å². The number of nitrogens with zero attached hydrogens (tertiary/aromatic N) is 2. The van der Waals surface area contributed by atoms with E-state index in [-0.39, 0.29) is 23.3 Å². The molecule has 0 aromatic heterocycles. The van der Waals surface area contributed by atoms with Gasteiger partial charge in [-0.05, 0) is 51.2 Å². The molecule has 1 N–H and O–H groups in total. The number of carbonyl (C=O) groups excluding carboxylic acids is 1. The Bertz CT molecular complexity index is 757. The average Bonchev–Trinajstić information content (AvgIpc) is 2.65. The molecule has 0 aliphatic carbocycles. The Hall–Kier alpha value is -1.73. The second kappa shape index (κ2) is 8.77. The number of rotatable bonds is 6. The Morgan fingerprint density at radius 3 is 2.62 bits per heavy atom. The predicted molar refractivity (Wildman–Crippen MR) is 103 cm³/mol. The van der Waals surface area contributed by atoms with Crippen molar-refractivity contribution >= 4 is 21.6 Å². The summed E-state index contributed by atoms with van der Waals surface area (Å²) in [5.74, 6) is -0.283. The number of amides is 1. The Morgan fingerprint density at radius 1 is 1.35 bits per heavy atom. The van der Waals surface area contributed by atoms with E-state index >= 15 is 0 Å². The fourth-order valence-electron chi connectivity index (χ4n) is 2.87. The van der Waals surface area contributed by atoms with Crippen LogP contribution in [-0.2, 0) is 14.8 Å². The highest BCUT2D eigenvalue weighted by Crippen LogP contribution is 2.24. The third-order valence-electron chi connectivity index (χ3n) is 5.08. The lowest BCUT2D eigenvalue weighted by Gasteiger charge is -2.30. The third-order valence-corrected chi connectivity index (χ3v) is 6.96. The van der Waals surface area contributed by atoms with Gasteiger partial charge in [-0.2, -0.15) is 9.41 Å². The smallest absolute Gasteiger partial charge is 0.244 e. The molecule has 144 valence electrons. The summed E-state index contributed by atoms with van der Waals surface area (Å²) in [7, 11) is -3.58. The van der Waals surface area contributed by atoms with Crippen LogP contribution in [0.2, 0.25) is 0 Å². The molecule has 1 amide bonds. The lowest BCUT2D eigenvalue weighted by molar-refractivity contribution is -0.126. The second-order valence-corrected chi connectivity index (χ2v) is 8.99. The maximum absolute atomic E-state index is 12.8. The molecule has 2 rings (SSSR count). The van der Waals surface area contributed by atoms with Gasteiger partial charge >= 0.3 is 0 Å². The van der Waals surface area contributed by atoms with Crippen molar-refractivity contribution in [3.8, 4) is 0 Å². The van der Waals surface area contributed by atoms with Gasteiger partial charge in [0.25, 0.3) is 0 Å². The normalized spacial score (nSPS) is 20.6. The number of carbonyl (C=O) groups is 1. The third kappa shape index (κ3) is 4.92. The van der Waals surface area contributed by atoms with E-state index in [4.69, 9.17) is 0 Å². The van der Waals surface area contributed by atoms with Gasteiger partial charge in [-0.25, -0.2) is 13.8 Å². The minimum atomic E-state index is -3.58. The summed E-state index contributed by atoms with van der Waals surface area (Å²) in [5.41, 5.74) is 4.50. The molecule has 1 fully saturated rings. The van der Waals surface area contributed by atoms with Crippen LogP contribution in [0.1, 0.15) is 45.6 Å². The molecular formula is C19H29N3O3S. The summed E-state index contributed by atoms with van der Waals surface area (Å²) in [5, 5.41) is 4.17. The summed E-state index contributed by atoms with van der Waals surface area (Å²) >= 11 is 0. The van der Waals surface area contributed by atoms with Crippen molar-refractivity contribution in [2.24, 2.45) is 16.9 Å². The van der Waals surface area contributed by atoms with E-state index in [9.17, 15) is 13.2 Å². The van der Waals surface area contributed by atoms with Crippen LogP contribution in [0.15, 0.2) is 34.3 Å². The molecular weight excluding hydrogens is 350 g/mol. The van der Waals surface area contributed by atoms with Crippen molar-refractivity contribution in [2.45, 2.75) is 51.9 Å². The molecule has 2 atom stereocenters. The molecule has 1 aromatic rings. The number of piperidine rings is 1. The molecule has 6 nitrogen and oxygen atoms in total. The van der Waals surface area contributed by atoms with Gasteiger partial charge in [0.15, 0.2) is 0 Å². The van der Waals surface area contributed by atoms with E-state index < -0.39 is 10.0 Å². The van der Waals surface area contributed by atoms with Gasteiger partial charge in [-0.3, -0.25) is 4.79 Å². The Morgan fingerprint density at radius 2 is 2.00 bits per heavy atom. The highest BCUT2D eigenvalue weighted by Gasteiger charge is 2.33. The van der Waals surface area contributed by atoms with Gasteiger partial charge < -0.3 is 0 Å². The number of benzene rings is 1. The summed E-state index contributed by atoms with van der Waals surface area (Å²) in [4.78, 5) is 12.7. The Kier molecular flexibility index (Phi) is 6.94. The lowest BCUT2D eigenvalue weighted by Crippen LogP contribution is -2.44. The van der Waals surface area contributed by atoms with Gasteiger partial charge in [0, 0.05) is 18.8 Å². The molecule has 0 radical (unpaired) electrons. The molecule has 26 heavy (non-hydrogen) atoms. The standard InChI is InChI=1S/C19H29N3O3S/c1-5-15(3)16(4)20-21-19(23)17-7-6-12-22(13-17)26(24,25)18-10-8-14(2)9-11-18/h8-11,15,17H,5-7,12-13H2,1-4H3,(H,21,23)/b20-16-/t15-,17+/m0/s1. The topological polar surface area (TPSA) is 78.8 Å². The van der Waals surface area contributed by atoms with E-state index in [0.717, 1.165) is 17.7 Å². The van der Waals surface area contributed by atoms with Crippen LogP contribution in [0.4, 0.5) is 0 Å². The van der Waals surface area contributed by atoms with E-state index in [1.807, 2.05) is 13.8 Å². The SMILES string of the molecule is CC[C@H](C)/C(C)=N\NC(=O)[C@@H]1CCCN(S(=O)(=O)c2ccc(C)cc2)C1. The van der Waals surface area contributed by atoms with Crippen molar-refractivity contribution in [1.29, 1.82) is 0 Å².